The van der Waals surface area contributed by atoms with Gasteiger partial charge in [0.2, 0.25) is 0 Å². The Morgan fingerprint density at radius 1 is 1.53 bits per heavy atom. The van der Waals surface area contributed by atoms with E-state index in [9.17, 15) is 0 Å². The number of hydrogen-bond donors (Lipinski definition) is 0. The summed E-state index contributed by atoms with van der Waals surface area (Å²) in [4.78, 5) is 0. The zero-order valence-corrected chi connectivity index (χ0v) is 9.94. The summed E-state index contributed by atoms with van der Waals surface area (Å²) < 4.78 is 3.16. The zero-order valence-electron chi connectivity index (χ0n) is 8.36. The molecule has 0 spiro atoms. The van der Waals surface area contributed by atoms with Crippen LogP contribution >= 0.6 is 15.9 Å². The van der Waals surface area contributed by atoms with Crippen LogP contribution in [0.5, 0.6) is 0 Å². The van der Waals surface area contributed by atoms with Crippen LogP contribution in [0.2, 0.25) is 0 Å². The van der Waals surface area contributed by atoms with Crippen molar-refractivity contribution >= 4 is 15.9 Å². The third kappa shape index (κ3) is 1.50. The molecule has 4 heteroatoms. The van der Waals surface area contributed by atoms with Gasteiger partial charge in [-0.2, -0.15) is 10.4 Å². The van der Waals surface area contributed by atoms with Crippen molar-refractivity contribution in [1.82, 2.24) is 9.78 Å². The van der Waals surface area contributed by atoms with Crippen LogP contribution in [-0.4, -0.2) is 9.78 Å². The van der Waals surface area contributed by atoms with Gasteiger partial charge in [0.25, 0.3) is 0 Å². The number of nitrogens with zero attached hydrogens (tertiary/aromatic N) is 3. The van der Waals surface area contributed by atoms with Crippen molar-refractivity contribution in [1.29, 1.82) is 5.26 Å². The molecule has 1 heterocycles. The second-order valence-corrected chi connectivity index (χ2v) is 5.36. The van der Waals surface area contributed by atoms with Gasteiger partial charge >= 0.3 is 0 Å². The minimum atomic E-state index is 0.200. The third-order valence-corrected chi connectivity index (χ3v) is 4.08. The van der Waals surface area contributed by atoms with Crippen molar-refractivity contribution in [2.75, 3.05) is 0 Å². The van der Waals surface area contributed by atoms with Gasteiger partial charge in [0.1, 0.15) is 0 Å². The average Bonchev–Trinajstić information content (AvgIpc) is 2.82. The number of halogens is 1. The van der Waals surface area contributed by atoms with E-state index >= 15 is 0 Å². The maximum Gasteiger partial charge on any atom is 0.0811 e. The Kier molecular flexibility index (Phi) is 2.10. The van der Waals surface area contributed by atoms with E-state index in [0.717, 1.165) is 16.6 Å². The highest BCUT2D eigenvalue weighted by atomic mass is 79.9. The monoisotopic (exact) mass is 265 g/mol. The molecule has 1 aromatic rings. The first kappa shape index (κ1) is 9.41. The molecule has 2 fully saturated rings. The predicted octanol–water partition coefficient (Wildman–Crippen LogP) is 3.00. The molecular weight excluding hydrogens is 254 g/mol. The Bertz CT molecular complexity index is 428. The van der Waals surface area contributed by atoms with Gasteiger partial charge in [0, 0.05) is 12.1 Å². The first-order valence-corrected chi connectivity index (χ1v) is 6.23. The second kappa shape index (κ2) is 3.34. The smallest absolute Gasteiger partial charge is 0.0811 e. The van der Waals surface area contributed by atoms with Crippen molar-refractivity contribution < 1.29 is 0 Å². The lowest BCUT2D eigenvalue weighted by Crippen LogP contribution is -2.17. The van der Waals surface area contributed by atoms with E-state index in [4.69, 9.17) is 5.26 Å². The molecule has 15 heavy (non-hydrogen) atoms. The molecule has 2 aliphatic rings. The molecule has 1 aromatic heterocycles. The molecule has 0 saturated heterocycles. The Morgan fingerprint density at radius 3 is 2.87 bits per heavy atom. The highest BCUT2D eigenvalue weighted by Gasteiger charge is 2.42. The molecule has 0 aromatic carbocycles. The van der Waals surface area contributed by atoms with Crippen molar-refractivity contribution in [3.05, 3.63) is 16.4 Å². The fourth-order valence-corrected chi connectivity index (χ4v) is 2.70. The average molecular weight is 266 g/mol. The minimum absolute atomic E-state index is 0.200. The van der Waals surface area contributed by atoms with Crippen LogP contribution < -0.4 is 0 Å². The summed E-state index contributed by atoms with van der Waals surface area (Å²) in [7, 11) is 0. The van der Waals surface area contributed by atoms with Crippen molar-refractivity contribution in [2.24, 2.45) is 5.92 Å². The van der Waals surface area contributed by atoms with Crippen LogP contribution in [0.4, 0.5) is 0 Å². The quantitative estimate of drug-likeness (QED) is 0.825. The molecule has 0 radical (unpaired) electrons. The molecule has 0 bridgehead atoms. The molecule has 0 N–H and O–H groups in total. The molecule has 2 aliphatic carbocycles. The van der Waals surface area contributed by atoms with Gasteiger partial charge in [-0.3, -0.25) is 4.68 Å². The number of aromatic nitrogens is 2. The van der Waals surface area contributed by atoms with Gasteiger partial charge in [-0.1, -0.05) is 0 Å². The SMILES string of the molecule is N#C[C@H]1C[C@@H]1c1nn(C2CCC2)cc1Br. The van der Waals surface area contributed by atoms with Crippen molar-refractivity contribution in [3.8, 4) is 6.07 Å². The fourth-order valence-electron chi connectivity index (χ4n) is 2.11. The molecule has 3 rings (SSSR count). The Hall–Kier alpha value is -0.820. The standard InChI is InChI=1S/C11H12BrN3/c12-10-6-15(8-2-1-3-8)14-11(10)9-4-7(9)5-13/h6-9H,1-4H2/t7-,9+/m1/s1. The summed E-state index contributed by atoms with van der Waals surface area (Å²) in [5.74, 6) is 0.580. The summed E-state index contributed by atoms with van der Waals surface area (Å²) in [6, 6.07) is 2.92. The number of rotatable bonds is 2. The lowest BCUT2D eigenvalue weighted by molar-refractivity contribution is 0.288. The molecule has 78 valence electrons. The van der Waals surface area contributed by atoms with Crippen LogP contribution in [0.15, 0.2) is 10.7 Å². The Labute approximate surface area is 97.2 Å². The zero-order chi connectivity index (χ0) is 10.4. The largest absolute Gasteiger partial charge is 0.268 e. The lowest BCUT2D eigenvalue weighted by atomic mass is 9.93. The van der Waals surface area contributed by atoms with Gasteiger partial charge in [0.05, 0.1) is 28.2 Å². The molecular formula is C11H12BrN3. The summed E-state index contributed by atoms with van der Waals surface area (Å²) in [5, 5.41) is 13.4. The van der Waals surface area contributed by atoms with E-state index in [1.165, 1.54) is 19.3 Å². The molecule has 3 nitrogen and oxygen atoms in total. The van der Waals surface area contributed by atoms with Gasteiger partial charge in [-0.05, 0) is 41.6 Å². The van der Waals surface area contributed by atoms with Gasteiger partial charge < -0.3 is 0 Å². The molecule has 2 atom stereocenters. The van der Waals surface area contributed by atoms with Crippen LogP contribution in [0.1, 0.15) is 43.3 Å². The molecule has 0 unspecified atom stereocenters. The number of hydrogen-bond acceptors (Lipinski definition) is 2. The van der Waals surface area contributed by atoms with E-state index in [2.05, 4.69) is 38.0 Å². The normalized spacial score (nSPS) is 29.6. The third-order valence-electron chi connectivity index (χ3n) is 3.47. The van der Waals surface area contributed by atoms with Crippen LogP contribution in [0.3, 0.4) is 0 Å². The molecule has 0 aliphatic heterocycles. The Balaban J connectivity index is 1.83. The van der Waals surface area contributed by atoms with Crippen molar-refractivity contribution in [2.45, 2.75) is 37.6 Å². The number of nitriles is 1. The van der Waals surface area contributed by atoms with E-state index in [1.54, 1.807) is 0 Å². The maximum absolute atomic E-state index is 8.80. The summed E-state index contributed by atoms with van der Waals surface area (Å²) >= 11 is 3.54. The van der Waals surface area contributed by atoms with E-state index in [-0.39, 0.29) is 5.92 Å². The predicted molar refractivity (Wildman–Crippen MR) is 59.3 cm³/mol. The lowest BCUT2D eigenvalue weighted by Gasteiger charge is -2.25. The van der Waals surface area contributed by atoms with Crippen molar-refractivity contribution in [3.63, 3.8) is 0 Å². The van der Waals surface area contributed by atoms with E-state index in [0.29, 0.717) is 12.0 Å². The van der Waals surface area contributed by atoms with Crippen LogP contribution in [0, 0.1) is 17.2 Å². The van der Waals surface area contributed by atoms with Gasteiger partial charge in [-0.25, -0.2) is 0 Å². The molecule has 0 amide bonds. The molecule has 2 saturated carbocycles. The van der Waals surface area contributed by atoms with Crippen LogP contribution in [0.25, 0.3) is 0 Å². The highest BCUT2D eigenvalue weighted by molar-refractivity contribution is 9.10. The topological polar surface area (TPSA) is 41.6 Å². The highest BCUT2D eigenvalue weighted by Crippen LogP contribution is 2.48. The van der Waals surface area contributed by atoms with Gasteiger partial charge in [-0.15, -0.1) is 0 Å². The first-order chi connectivity index (χ1) is 7.29. The fraction of sp³-hybridized carbons (Fsp3) is 0.636. The maximum atomic E-state index is 8.80. The van der Waals surface area contributed by atoms with E-state index in [1.807, 2.05) is 0 Å². The van der Waals surface area contributed by atoms with Gasteiger partial charge in [0.15, 0.2) is 0 Å². The summed E-state index contributed by atoms with van der Waals surface area (Å²) in [5.41, 5.74) is 1.09. The van der Waals surface area contributed by atoms with Crippen LogP contribution in [-0.2, 0) is 0 Å². The Morgan fingerprint density at radius 2 is 2.33 bits per heavy atom. The minimum Gasteiger partial charge on any atom is -0.268 e. The summed E-state index contributed by atoms with van der Waals surface area (Å²) in [6.07, 6.45) is 6.88. The first-order valence-electron chi connectivity index (χ1n) is 5.43. The summed E-state index contributed by atoms with van der Waals surface area (Å²) in [6.45, 7) is 0. The van der Waals surface area contributed by atoms with E-state index < -0.39 is 0 Å². The second-order valence-electron chi connectivity index (χ2n) is 4.50.